The van der Waals surface area contributed by atoms with Gasteiger partial charge in [-0.2, -0.15) is 0 Å². The number of carbonyl (C=O) groups excluding carboxylic acids is 1. The minimum absolute atomic E-state index is 0.0981. The maximum atomic E-state index is 11.7. The summed E-state index contributed by atoms with van der Waals surface area (Å²) in [5.41, 5.74) is 1.96. The van der Waals surface area contributed by atoms with Crippen LogP contribution in [0.5, 0.6) is 0 Å². The number of nitrogens with one attached hydrogen (secondary N) is 1. The van der Waals surface area contributed by atoms with Gasteiger partial charge in [-0.3, -0.25) is 4.79 Å². The number of rotatable bonds is 12. The number of allylic oxidation sites excluding steroid dienone is 1. The molecule has 0 saturated heterocycles. The van der Waals surface area contributed by atoms with Crippen LogP contribution < -0.4 is 5.32 Å². The van der Waals surface area contributed by atoms with Crippen LogP contribution in [-0.4, -0.2) is 12.5 Å². The molecule has 0 fully saturated rings. The highest BCUT2D eigenvalue weighted by molar-refractivity contribution is 5.93. The summed E-state index contributed by atoms with van der Waals surface area (Å²) < 4.78 is 0. The summed E-state index contributed by atoms with van der Waals surface area (Å²) in [7, 11) is 0. The molecule has 20 heavy (non-hydrogen) atoms. The number of unbranched alkanes of at least 4 members (excludes halogenated alkanes) is 9. The standard InChI is InChI=1S/C18H35NO/c1-5-6-7-8-9-10-11-12-13-14-15-19-18(20)17(4)16(2)3/h5-15H2,1-4H3,(H,19,20). The zero-order valence-electron chi connectivity index (χ0n) is 14.2. The summed E-state index contributed by atoms with van der Waals surface area (Å²) in [6, 6.07) is 0. The van der Waals surface area contributed by atoms with E-state index in [1.165, 1.54) is 57.8 Å². The van der Waals surface area contributed by atoms with E-state index in [1.54, 1.807) is 0 Å². The van der Waals surface area contributed by atoms with Crippen LogP contribution in [0, 0.1) is 0 Å². The fourth-order valence-electron chi connectivity index (χ4n) is 2.17. The molecule has 118 valence electrons. The molecule has 0 aliphatic heterocycles. The van der Waals surface area contributed by atoms with Gasteiger partial charge in [-0.05, 0) is 27.2 Å². The zero-order valence-corrected chi connectivity index (χ0v) is 14.2. The van der Waals surface area contributed by atoms with Crippen LogP contribution in [0.3, 0.4) is 0 Å². The highest BCUT2D eigenvalue weighted by Crippen LogP contribution is 2.10. The van der Waals surface area contributed by atoms with Crippen molar-refractivity contribution in [1.82, 2.24) is 5.32 Å². The number of carbonyl (C=O) groups is 1. The molecule has 0 aliphatic rings. The Morgan fingerprint density at radius 3 is 1.65 bits per heavy atom. The fraction of sp³-hybridized carbons (Fsp3) is 0.833. The third-order valence-corrected chi connectivity index (χ3v) is 3.91. The Labute approximate surface area is 126 Å². The van der Waals surface area contributed by atoms with Gasteiger partial charge >= 0.3 is 0 Å². The van der Waals surface area contributed by atoms with Crippen LogP contribution in [0.2, 0.25) is 0 Å². The van der Waals surface area contributed by atoms with Crippen molar-refractivity contribution in [2.24, 2.45) is 0 Å². The molecule has 0 unspecified atom stereocenters. The molecule has 1 N–H and O–H groups in total. The summed E-state index contributed by atoms with van der Waals surface area (Å²) in [4.78, 5) is 11.7. The highest BCUT2D eigenvalue weighted by Gasteiger charge is 2.03. The van der Waals surface area contributed by atoms with E-state index in [0.717, 1.165) is 24.1 Å². The maximum Gasteiger partial charge on any atom is 0.246 e. The molecular formula is C18H35NO. The Morgan fingerprint density at radius 2 is 1.20 bits per heavy atom. The van der Waals surface area contributed by atoms with Gasteiger partial charge in [-0.15, -0.1) is 0 Å². The van der Waals surface area contributed by atoms with Crippen LogP contribution in [0.25, 0.3) is 0 Å². The lowest BCUT2D eigenvalue weighted by molar-refractivity contribution is -0.117. The molecular weight excluding hydrogens is 246 g/mol. The predicted octanol–water partition coefficient (Wildman–Crippen LogP) is 5.38. The Kier molecular flexibility index (Phi) is 12.7. The molecule has 0 radical (unpaired) electrons. The van der Waals surface area contributed by atoms with E-state index in [4.69, 9.17) is 0 Å². The normalized spacial score (nSPS) is 10.4. The summed E-state index contributed by atoms with van der Waals surface area (Å²) in [5.74, 6) is 0.0981. The Bertz CT molecular complexity index is 277. The summed E-state index contributed by atoms with van der Waals surface area (Å²) >= 11 is 0. The summed E-state index contributed by atoms with van der Waals surface area (Å²) in [6.07, 6.45) is 13.3. The third-order valence-electron chi connectivity index (χ3n) is 3.91. The van der Waals surface area contributed by atoms with E-state index >= 15 is 0 Å². The molecule has 0 aliphatic carbocycles. The van der Waals surface area contributed by atoms with E-state index in [2.05, 4.69) is 12.2 Å². The highest BCUT2D eigenvalue weighted by atomic mass is 16.1. The minimum atomic E-state index is 0.0981. The second kappa shape index (κ2) is 13.2. The van der Waals surface area contributed by atoms with Gasteiger partial charge in [-0.1, -0.05) is 70.3 Å². The van der Waals surface area contributed by atoms with Crippen molar-refractivity contribution in [3.63, 3.8) is 0 Å². The van der Waals surface area contributed by atoms with Gasteiger partial charge in [0.2, 0.25) is 5.91 Å². The second-order valence-electron chi connectivity index (χ2n) is 6.06. The molecule has 0 heterocycles. The molecule has 0 bridgehead atoms. The summed E-state index contributed by atoms with van der Waals surface area (Å²) in [6.45, 7) is 8.94. The van der Waals surface area contributed by atoms with Gasteiger partial charge < -0.3 is 5.32 Å². The minimum Gasteiger partial charge on any atom is -0.352 e. The fourth-order valence-corrected chi connectivity index (χ4v) is 2.17. The van der Waals surface area contributed by atoms with Crippen molar-refractivity contribution in [3.8, 4) is 0 Å². The smallest absolute Gasteiger partial charge is 0.246 e. The quantitative estimate of drug-likeness (QED) is 0.377. The molecule has 0 aromatic heterocycles. The van der Waals surface area contributed by atoms with Crippen molar-refractivity contribution in [2.45, 2.75) is 91.9 Å². The van der Waals surface area contributed by atoms with Crippen molar-refractivity contribution in [1.29, 1.82) is 0 Å². The molecule has 2 nitrogen and oxygen atoms in total. The van der Waals surface area contributed by atoms with Gasteiger partial charge in [-0.25, -0.2) is 0 Å². The van der Waals surface area contributed by atoms with E-state index < -0.39 is 0 Å². The lowest BCUT2D eigenvalue weighted by atomic mass is 10.1. The molecule has 2 heteroatoms. The second-order valence-corrected chi connectivity index (χ2v) is 6.06. The Morgan fingerprint density at radius 1 is 0.750 bits per heavy atom. The molecule has 0 atom stereocenters. The summed E-state index contributed by atoms with van der Waals surface area (Å²) in [5, 5.41) is 2.99. The van der Waals surface area contributed by atoms with E-state index in [0.29, 0.717) is 0 Å². The van der Waals surface area contributed by atoms with Crippen LogP contribution in [0.4, 0.5) is 0 Å². The molecule has 0 spiro atoms. The van der Waals surface area contributed by atoms with E-state index in [9.17, 15) is 4.79 Å². The van der Waals surface area contributed by atoms with Crippen molar-refractivity contribution in [2.75, 3.05) is 6.54 Å². The first-order valence-corrected chi connectivity index (χ1v) is 8.51. The first kappa shape index (κ1) is 19.2. The number of amides is 1. The van der Waals surface area contributed by atoms with Gasteiger partial charge in [0.1, 0.15) is 0 Å². The lowest BCUT2D eigenvalue weighted by Gasteiger charge is -2.06. The van der Waals surface area contributed by atoms with Crippen LogP contribution >= 0.6 is 0 Å². The zero-order chi connectivity index (χ0) is 15.2. The van der Waals surface area contributed by atoms with Gasteiger partial charge in [0.15, 0.2) is 0 Å². The maximum absolute atomic E-state index is 11.7. The largest absolute Gasteiger partial charge is 0.352 e. The first-order valence-electron chi connectivity index (χ1n) is 8.51. The van der Waals surface area contributed by atoms with Crippen molar-refractivity contribution >= 4 is 5.91 Å². The molecule has 0 rings (SSSR count). The molecule has 0 saturated carbocycles. The van der Waals surface area contributed by atoms with Crippen molar-refractivity contribution < 1.29 is 4.79 Å². The van der Waals surface area contributed by atoms with E-state index in [-0.39, 0.29) is 5.91 Å². The SMILES string of the molecule is CCCCCCCCCCCCNC(=O)C(C)=C(C)C. The van der Waals surface area contributed by atoms with Gasteiger partial charge in [0, 0.05) is 12.1 Å². The van der Waals surface area contributed by atoms with Gasteiger partial charge in [0.05, 0.1) is 0 Å². The first-order chi connectivity index (χ1) is 9.59. The third kappa shape index (κ3) is 11.1. The average molecular weight is 281 g/mol. The number of hydrogen-bond donors (Lipinski definition) is 1. The molecule has 0 aromatic carbocycles. The van der Waals surface area contributed by atoms with Crippen LogP contribution in [-0.2, 0) is 4.79 Å². The topological polar surface area (TPSA) is 29.1 Å². The van der Waals surface area contributed by atoms with Crippen LogP contribution in [0.1, 0.15) is 91.9 Å². The molecule has 0 aromatic rings. The number of hydrogen-bond acceptors (Lipinski definition) is 1. The monoisotopic (exact) mass is 281 g/mol. The van der Waals surface area contributed by atoms with Crippen LogP contribution in [0.15, 0.2) is 11.1 Å². The Hall–Kier alpha value is -0.790. The van der Waals surface area contributed by atoms with Crippen molar-refractivity contribution in [3.05, 3.63) is 11.1 Å². The molecule has 1 amide bonds. The van der Waals surface area contributed by atoms with Gasteiger partial charge in [0.25, 0.3) is 0 Å². The average Bonchev–Trinajstić information content (AvgIpc) is 2.43. The Balaban J connectivity index is 3.29. The van der Waals surface area contributed by atoms with E-state index in [1.807, 2.05) is 20.8 Å². The predicted molar refractivity (Wildman–Crippen MR) is 88.9 cm³/mol. The lowest BCUT2D eigenvalue weighted by Crippen LogP contribution is -2.25.